The lowest BCUT2D eigenvalue weighted by atomic mass is 9.94. The minimum atomic E-state index is -0.386. The molecule has 0 aromatic carbocycles. The first-order chi connectivity index (χ1) is 7.19. The molecule has 1 amide bonds. The van der Waals surface area contributed by atoms with Gasteiger partial charge in [-0.3, -0.25) is 9.18 Å². The number of piperidine rings is 1. The lowest BCUT2D eigenvalue weighted by molar-refractivity contribution is -0.132. The van der Waals surface area contributed by atoms with Gasteiger partial charge in [-0.05, 0) is 31.6 Å². The molecule has 4 heteroatoms. The summed E-state index contributed by atoms with van der Waals surface area (Å²) in [5.41, 5.74) is 0. The van der Waals surface area contributed by atoms with Crippen LogP contribution >= 0.6 is 11.6 Å². The van der Waals surface area contributed by atoms with E-state index in [1.807, 2.05) is 11.8 Å². The van der Waals surface area contributed by atoms with Gasteiger partial charge in [-0.15, -0.1) is 11.6 Å². The molecule has 0 aliphatic carbocycles. The zero-order chi connectivity index (χ0) is 11.3. The molecule has 0 radical (unpaired) electrons. The fourth-order valence-corrected chi connectivity index (χ4v) is 2.11. The molecule has 0 aromatic rings. The van der Waals surface area contributed by atoms with E-state index in [2.05, 4.69) is 0 Å². The minimum Gasteiger partial charge on any atom is -0.341 e. The Morgan fingerprint density at radius 1 is 1.53 bits per heavy atom. The summed E-state index contributed by atoms with van der Waals surface area (Å²) in [4.78, 5) is 13.5. The molecule has 0 unspecified atom stereocenters. The fourth-order valence-electron chi connectivity index (χ4n) is 1.97. The van der Waals surface area contributed by atoms with Crippen molar-refractivity contribution in [1.29, 1.82) is 0 Å². The van der Waals surface area contributed by atoms with Gasteiger partial charge in [0, 0.05) is 13.1 Å². The Morgan fingerprint density at radius 3 is 2.60 bits per heavy atom. The average molecular weight is 236 g/mol. The van der Waals surface area contributed by atoms with E-state index in [0.717, 1.165) is 25.9 Å². The highest BCUT2D eigenvalue weighted by Gasteiger charge is 2.25. The third-order valence-corrected chi connectivity index (χ3v) is 3.57. The van der Waals surface area contributed by atoms with Crippen molar-refractivity contribution < 1.29 is 9.18 Å². The summed E-state index contributed by atoms with van der Waals surface area (Å²) in [5.74, 6) is 0.493. The van der Waals surface area contributed by atoms with Crippen LogP contribution in [0.2, 0.25) is 0 Å². The molecule has 88 valence electrons. The van der Waals surface area contributed by atoms with Crippen LogP contribution in [0.15, 0.2) is 0 Å². The molecule has 0 aromatic heterocycles. The largest absolute Gasteiger partial charge is 0.341 e. The van der Waals surface area contributed by atoms with E-state index in [9.17, 15) is 9.18 Å². The second-order valence-electron chi connectivity index (χ2n) is 4.12. The Labute approximate surface area is 95.8 Å². The number of amides is 1. The van der Waals surface area contributed by atoms with Crippen molar-refractivity contribution in [2.24, 2.45) is 5.92 Å². The standard InChI is InChI=1S/C11H19ClFNO/c1-2-10(12)11(15)14-7-4-9(3-6-13)5-8-14/h9-10H,2-8H2,1H3/t10-/m1/s1. The first-order valence-corrected chi connectivity index (χ1v) is 6.11. The summed E-state index contributed by atoms with van der Waals surface area (Å²) < 4.78 is 12.1. The molecule has 1 atom stereocenters. The van der Waals surface area contributed by atoms with Gasteiger partial charge in [0.25, 0.3) is 0 Å². The number of alkyl halides is 2. The van der Waals surface area contributed by atoms with E-state index in [4.69, 9.17) is 11.6 Å². The van der Waals surface area contributed by atoms with E-state index >= 15 is 0 Å². The van der Waals surface area contributed by atoms with Crippen LogP contribution in [-0.2, 0) is 4.79 Å². The zero-order valence-electron chi connectivity index (χ0n) is 9.22. The molecular weight excluding hydrogens is 217 g/mol. The van der Waals surface area contributed by atoms with Crippen LogP contribution in [0.4, 0.5) is 4.39 Å². The van der Waals surface area contributed by atoms with E-state index in [0.29, 0.717) is 18.8 Å². The highest BCUT2D eigenvalue weighted by Crippen LogP contribution is 2.21. The first kappa shape index (κ1) is 12.8. The van der Waals surface area contributed by atoms with Crippen LogP contribution in [0.25, 0.3) is 0 Å². The van der Waals surface area contributed by atoms with Gasteiger partial charge in [0.1, 0.15) is 5.38 Å². The lowest BCUT2D eigenvalue weighted by Gasteiger charge is -2.32. The second-order valence-corrected chi connectivity index (χ2v) is 4.65. The number of halogens is 2. The number of rotatable bonds is 4. The third-order valence-electron chi connectivity index (χ3n) is 3.07. The van der Waals surface area contributed by atoms with Crippen LogP contribution in [0.1, 0.15) is 32.6 Å². The highest BCUT2D eigenvalue weighted by molar-refractivity contribution is 6.30. The normalized spacial score (nSPS) is 20.3. The number of carbonyl (C=O) groups excluding carboxylic acids is 1. The number of nitrogens with zero attached hydrogens (tertiary/aromatic N) is 1. The summed E-state index contributed by atoms with van der Waals surface area (Å²) in [6.07, 6.45) is 3.15. The number of hydrogen-bond donors (Lipinski definition) is 0. The average Bonchev–Trinajstić information content (AvgIpc) is 2.28. The van der Waals surface area contributed by atoms with Crippen molar-refractivity contribution in [2.45, 2.75) is 38.0 Å². The first-order valence-electron chi connectivity index (χ1n) is 5.67. The van der Waals surface area contributed by atoms with Gasteiger partial charge in [0.15, 0.2) is 0 Å². The zero-order valence-corrected chi connectivity index (χ0v) is 9.97. The van der Waals surface area contributed by atoms with Crippen molar-refractivity contribution in [3.63, 3.8) is 0 Å². The molecule has 1 fully saturated rings. The number of likely N-dealkylation sites (tertiary alicyclic amines) is 1. The van der Waals surface area contributed by atoms with Gasteiger partial charge in [-0.1, -0.05) is 6.92 Å². The van der Waals surface area contributed by atoms with Crippen LogP contribution in [-0.4, -0.2) is 35.9 Å². The summed E-state index contributed by atoms with van der Waals surface area (Å²) in [6.45, 7) is 3.15. The van der Waals surface area contributed by atoms with E-state index in [1.165, 1.54) is 0 Å². The van der Waals surface area contributed by atoms with Crippen LogP contribution < -0.4 is 0 Å². The van der Waals surface area contributed by atoms with Crippen molar-refractivity contribution >= 4 is 17.5 Å². The predicted octanol–water partition coefficient (Wildman–Crippen LogP) is 2.60. The van der Waals surface area contributed by atoms with Gasteiger partial charge in [0.2, 0.25) is 5.91 Å². The van der Waals surface area contributed by atoms with E-state index in [1.54, 1.807) is 0 Å². The Morgan fingerprint density at radius 2 is 2.13 bits per heavy atom. The quantitative estimate of drug-likeness (QED) is 0.686. The van der Waals surface area contributed by atoms with Crippen molar-refractivity contribution in [1.82, 2.24) is 4.90 Å². The maximum absolute atomic E-state index is 12.1. The topological polar surface area (TPSA) is 20.3 Å². The molecule has 0 saturated carbocycles. The Hall–Kier alpha value is -0.310. The van der Waals surface area contributed by atoms with Crippen molar-refractivity contribution in [3.8, 4) is 0 Å². The van der Waals surface area contributed by atoms with Crippen LogP contribution in [0.5, 0.6) is 0 Å². The van der Waals surface area contributed by atoms with Gasteiger partial charge < -0.3 is 4.90 Å². The summed E-state index contributed by atoms with van der Waals surface area (Å²) in [7, 11) is 0. The molecule has 1 rings (SSSR count). The predicted molar refractivity (Wildman–Crippen MR) is 59.8 cm³/mol. The maximum atomic E-state index is 12.1. The number of carbonyl (C=O) groups is 1. The molecule has 0 N–H and O–H groups in total. The molecule has 1 heterocycles. The van der Waals surface area contributed by atoms with Gasteiger partial charge in [-0.25, -0.2) is 0 Å². The Bertz CT molecular complexity index is 205. The smallest absolute Gasteiger partial charge is 0.240 e. The Balaban J connectivity index is 2.33. The third kappa shape index (κ3) is 3.63. The molecule has 2 nitrogen and oxygen atoms in total. The molecule has 0 spiro atoms. The number of hydrogen-bond acceptors (Lipinski definition) is 1. The SMILES string of the molecule is CC[C@@H](Cl)C(=O)N1CCC(CCF)CC1. The fraction of sp³-hybridized carbons (Fsp3) is 0.909. The minimum absolute atomic E-state index is 0.0397. The molecule has 1 saturated heterocycles. The summed E-state index contributed by atoms with van der Waals surface area (Å²) in [5, 5.41) is -0.386. The van der Waals surface area contributed by atoms with Crippen LogP contribution in [0.3, 0.4) is 0 Å². The Kier molecular flexibility index (Phi) is 5.37. The van der Waals surface area contributed by atoms with Gasteiger partial charge in [-0.2, -0.15) is 0 Å². The van der Waals surface area contributed by atoms with Crippen molar-refractivity contribution in [2.75, 3.05) is 19.8 Å². The second kappa shape index (κ2) is 6.31. The summed E-state index contributed by atoms with van der Waals surface area (Å²) >= 11 is 5.90. The highest BCUT2D eigenvalue weighted by atomic mass is 35.5. The molecule has 0 bridgehead atoms. The van der Waals surface area contributed by atoms with Gasteiger partial charge in [0.05, 0.1) is 6.67 Å². The lowest BCUT2D eigenvalue weighted by Crippen LogP contribution is -2.42. The molecular formula is C11H19ClFNO. The van der Waals surface area contributed by atoms with E-state index < -0.39 is 0 Å². The molecule has 15 heavy (non-hydrogen) atoms. The monoisotopic (exact) mass is 235 g/mol. The van der Waals surface area contributed by atoms with E-state index in [-0.39, 0.29) is 18.0 Å². The molecule has 1 aliphatic rings. The van der Waals surface area contributed by atoms with Crippen LogP contribution in [0, 0.1) is 5.92 Å². The summed E-state index contributed by atoms with van der Waals surface area (Å²) in [6, 6.07) is 0. The van der Waals surface area contributed by atoms with Gasteiger partial charge >= 0.3 is 0 Å². The van der Waals surface area contributed by atoms with Crippen molar-refractivity contribution in [3.05, 3.63) is 0 Å². The molecule has 1 aliphatic heterocycles. The maximum Gasteiger partial charge on any atom is 0.240 e.